The van der Waals surface area contributed by atoms with Crippen molar-refractivity contribution < 1.29 is 0 Å². The van der Waals surface area contributed by atoms with Gasteiger partial charge in [-0.2, -0.15) is 0 Å². The first-order chi connectivity index (χ1) is 6.70. The molecule has 2 nitrogen and oxygen atoms in total. The molecule has 1 aliphatic heterocycles. The SMILES string of the molecule is C=C[C@H]1C=C(c2csc(=S)[nH]2)CN1C. The lowest BCUT2D eigenvalue weighted by Gasteiger charge is -2.14. The molecule has 0 fully saturated rings. The van der Waals surface area contributed by atoms with Gasteiger partial charge in [-0.15, -0.1) is 17.9 Å². The molecule has 1 aliphatic rings. The number of hydrogen-bond donors (Lipinski definition) is 1. The number of rotatable bonds is 2. The molecule has 0 aliphatic carbocycles. The van der Waals surface area contributed by atoms with E-state index in [0.29, 0.717) is 6.04 Å². The van der Waals surface area contributed by atoms with Gasteiger partial charge in [0.1, 0.15) is 0 Å². The maximum atomic E-state index is 5.06. The monoisotopic (exact) mass is 224 g/mol. The van der Waals surface area contributed by atoms with Crippen LogP contribution in [0, 0.1) is 3.95 Å². The van der Waals surface area contributed by atoms with Crippen molar-refractivity contribution in [3.63, 3.8) is 0 Å². The number of aromatic nitrogens is 1. The molecular weight excluding hydrogens is 212 g/mol. The second-order valence-electron chi connectivity index (χ2n) is 3.40. The van der Waals surface area contributed by atoms with Crippen LogP contribution in [0.15, 0.2) is 24.1 Å². The number of aromatic amines is 1. The Balaban J connectivity index is 2.29. The fourth-order valence-corrected chi connectivity index (χ4v) is 2.48. The summed E-state index contributed by atoms with van der Waals surface area (Å²) < 4.78 is 0.839. The topological polar surface area (TPSA) is 19.0 Å². The Morgan fingerprint density at radius 2 is 2.57 bits per heavy atom. The number of thiazole rings is 1. The fraction of sp³-hybridized carbons (Fsp3) is 0.300. The average molecular weight is 224 g/mol. The van der Waals surface area contributed by atoms with E-state index in [2.05, 4.69) is 35.0 Å². The minimum Gasteiger partial charge on any atom is -0.337 e. The van der Waals surface area contributed by atoms with Gasteiger partial charge >= 0.3 is 0 Å². The van der Waals surface area contributed by atoms with E-state index in [1.807, 2.05) is 6.08 Å². The van der Waals surface area contributed by atoms with Crippen molar-refractivity contribution in [2.24, 2.45) is 0 Å². The van der Waals surface area contributed by atoms with Crippen LogP contribution in [0.2, 0.25) is 0 Å². The van der Waals surface area contributed by atoms with Gasteiger partial charge in [0.15, 0.2) is 3.95 Å². The van der Waals surface area contributed by atoms with E-state index in [9.17, 15) is 0 Å². The molecule has 4 heteroatoms. The second-order valence-corrected chi connectivity index (χ2v) is 4.94. The zero-order valence-corrected chi connectivity index (χ0v) is 9.62. The summed E-state index contributed by atoms with van der Waals surface area (Å²) in [5.74, 6) is 0. The predicted molar refractivity (Wildman–Crippen MR) is 64.1 cm³/mol. The van der Waals surface area contributed by atoms with Crippen LogP contribution in [-0.4, -0.2) is 29.5 Å². The Bertz CT molecular complexity index is 427. The molecule has 0 radical (unpaired) electrons. The average Bonchev–Trinajstić information content (AvgIpc) is 2.71. The Kier molecular flexibility index (Phi) is 2.67. The van der Waals surface area contributed by atoms with E-state index < -0.39 is 0 Å². The Labute approximate surface area is 92.6 Å². The predicted octanol–water partition coefficient (Wildman–Crippen LogP) is 2.69. The highest BCUT2D eigenvalue weighted by Crippen LogP contribution is 2.24. The van der Waals surface area contributed by atoms with E-state index in [-0.39, 0.29) is 0 Å². The Hall–Kier alpha value is -0.710. The van der Waals surface area contributed by atoms with Crippen LogP contribution in [0.3, 0.4) is 0 Å². The third kappa shape index (κ3) is 1.73. The normalized spacial score (nSPS) is 22.4. The summed E-state index contributed by atoms with van der Waals surface area (Å²) >= 11 is 6.63. The molecule has 2 heterocycles. The smallest absolute Gasteiger partial charge is 0.158 e. The zero-order valence-electron chi connectivity index (χ0n) is 7.99. The van der Waals surface area contributed by atoms with Gasteiger partial charge in [0, 0.05) is 18.0 Å². The number of nitrogens with one attached hydrogen (secondary N) is 1. The van der Waals surface area contributed by atoms with Crippen molar-refractivity contribution in [3.8, 4) is 0 Å². The summed E-state index contributed by atoms with van der Waals surface area (Å²) in [5.41, 5.74) is 2.46. The lowest BCUT2D eigenvalue weighted by Crippen LogP contribution is -2.23. The number of likely N-dealkylation sites (N-methyl/N-ethyl adjacent to an activating group) is 1. The summed E-state index contributed by atoms with van der Waals surface area (Å²) in [4.78, 5) is 5.43. The molecule has 1 atom stereocenters. The molecule has 74 valence electrons. The maximum Gasteiger partial charge on any atom is 0.158 e. The summed E-state index contributed by atoms with van der Waals surface area (Å²) in [7, 11) is 2.09. The van der Waals surface area contributed by atoms with Crippen LogP contribution in [0.25, 0.3) is 5.57 Å². The highest BCUT2D eigenvalue weighted by molar-refractivity contribution is 7.73. The molecule has 0 spiro atoms. The van der Waals surface area contributed by atoms with Gasteiger partial charge in [0.05, 0.1) is 5.69 Å². The molecule has 0 aromatic carbocycles. The molecule has 1 N–H and O–H groups in total. The molecule has 14 heavy (non-hydrogen) atoms. The molecule has 1 aromatic rings. The van der Waals surface area contributed by atoms with Gasteiger partial charge < -0.3 is 4.98 Å². The van der Waals surface area contributed by atoms with Crippen molar-refractivity contribution in [1.82, 2.24) is 9.88 Å². The summed E-state index contributed by atoms with van der Waals surface area (Å²) in [6.07, 6.45) is 4.17. The van der Waals surface area contributed by atoms with Crippen LogP contribution in [-0.2, 0) is 0 Å². The molecular formula is C10H12N2S2. The number of hydrogen-bond acceptors (Lipinski definition) is 3. The van der Waals surface area contributed by atoms with Crippen molar-refractivity contribution in [1.29, 1.82) is 0 Å². The maximum absolute atomic E-state index is 5.06. The molecule has 0 bridgehead atoms. The first-order valence-electron chi connectivity index (χ1n) is 4.42. The van der Waals surface area contributed by atoms with E-state index in [1.165, 1.54) is 5.57 Å². The van der Waals surface area contributed by atoms with Crippen LogP contribution >= 0.6 is 23.6 Å². The number of nitrogens with zero attached hydrogens (tertiary/aromatic N) is 1. The Morgan fingerprint density at radius 3 is 3.07 bits per heavy atom. The molecule has 0 amide bonds. The standard InChI is InChI=1S/C10H12N2S2/c1-3-8-4-7(5-12(8)2)9-6-14-10(13)11-9/h3-4,6,8H,1,5H2,2H3,(H,11,13)/t8-/m0/s1. The highest BCUT2D eigenvalue weighted by Gasteiger charge is 2.20. The zero-order chi connectivity index (χ0) is 10.1. The van der Waals surface area contributed by atoms with Gasteiger partial charge in [-0.05, 0) is 24.8 Å². The van der Waals surface area contributed by atoms with E-state index >= 15 is 0 Å². The van der Waals surface area contributed by atoms with Crippen molar-refractivity contribution in [2.45, 2.75) is 6.04 Å². The third-order valence-electron chi connectivity index (χ3n) is 2.41. The third-order valence-corrected chi connectivity index (χ3v) is 3.47. The van der Waals surface area contributed by atoms with Crippen LogP contribution < -0.4 is 0 Å². The quantitative estimate of drug-likeness (QED) is 0.615. The van der Waals surface area contributed by atoms with E-state index in [1.54, 1.807) is 11.3 Å². The van der Waals surface area contributed by atoms with Crippen LogP contribution in [0.4, 0.5) is 0 Å². The first-order valence-corrected chi connectivity index (χ1v) is 5.71. The van der Waals surface area contributed by atoms with Gasteiger partial charge in [0.25, 0.3) is 0 Å². The van der Waals surface area contributed by atoms with Crippen molar-refractivity contribution >= 4 is 29.1 Å². The minimum absolute atomic E-state index is 0.354. The van der Waals surface area contributed by atoms with Gasteiger partial charge in [-0.3, -0.25) is 4.90 Å². The van der Waals surface area contributed by atoms with E-state index in [0.717, 1.165) is 16.2 Å². The molecule has 0 unspecified atom stereocenters. The summed E-state index contributed by atoms with van der Waals surface area (Å²) in [5, 5.41) is 2.08. The number of H-pyrrole nitrogens is 1. The fourth-order valence-electron chi connectivity index (χ4n) is 1.62. The molecule has 0 saturated heterocycles. The van der Waals surface area contributed by atoms with E-state index in [4.69, 9.17) is 12.2 Å². The summed E-state index contributed by atoms with van der Waals surface area (Å²) in [6.45, 7) is 4.77. The molecule has 0 saturated carbocycles. The Morgan fingerprint density at radius 1 is 1.79 bits per heavy atom. The lowest BCUT2D eigenvalue weighted by molar-refractivity contribution is 0.380. The van der Waals surface area contributed by atoms with Gasteiger partial charge in [0.2, 0.25) is 0 Å². The lowest BCUT2D eigenvalue weighted by atomic mass is 10.2. The minimum atomic E-state index is 0.354. The summed E-state index contributed by atoms with van der Waals surface area (Å²) in [6, 6.07) is 0.354. The molecule has 1 aromatic heterocycles. The van der Waals surface area contributed by atoms with Crippen molar-refractivity contribution in [2.75, 3.05) is 13.6 Å². The van der Waals surface area contributed by atoms with Gasteiger partial charge in [-0.1, -0.05) is 12.2 Å². The highest BCUT2D eigenvalue weighted by atomic mass is 32.1. The van der Waals surface area contributed by atoms with Gasteiger partial charge in [-0.25, -0.2) is 0 Å². The van der Waals surface area contributed by atoms with Crippen LogP contribution in [0.5, 0.6) is 0 Å². The second kappa shape index (κ2) is 3.81. The first kappa shape index (κ1) is 9.83. The molecule has 2 rings (SSSR count). The van der Waals surface area contributed by atoms with Crippen molar-refractivity contribution in [3.05, 3.63) is 33.8 Å². The largest absolute Gasteiger partial charge is 0.337 e. The van der Waals surface area contributed by atoms with Crippen LogP contribution in [0.1, 0.15) is 5.69 Å².